The molecule has 1 aliphatic heterocycles. The van der Waals surface area contributed by atoms with Crippen LogP contribution in [0.3, 0.4) is 0 Å². The normalized spacial score (nSPS) is 18.7. The van der Waals surface area contributed by atoms with E-state index < -0.39 is 0 Å². The number of nitrogens with zero attached hydrogens (tertiary/aromatic N) is 1. The van der Waals surface area contributed by atoms with Crippen LogP contribution in [0.15, 0.2) is 41.5 Å². The molecule has 3 rings (SSSR count). The molecule has 1 aromatic rings. The molecule has 1 aromatic carbocycles. The lowest BCUT2D eigenvalue weighted by molar-refractivity contribution is 0.700. The number of benzene rings is 1. The van der Waals surface area contributed by atoms with Crippen molar-refractivity contribution in [2.45, 2.75) is 39.5 Å². The third kappa shape index (κ3) is 2.75. The standard InChI is InChI=1S/C18H23N/c1-14-5-8-16(9-6-14)13-19-11-3-4-17-12-15(2)7-10-18(17)19/h5,7-8,10,12H,3-4,6,9,11,13H2,1-2H3. The number of aryl methyl sites for hydroxylation is 2. The second kappa shape index (κ2) is 5.24. The van der Waals surface area contributed by atoms with Crippen molar-refractivity contribution in [3.8, 4) is 0 Å². The topological polar surface area (TPSA) is 3.24 Å². The van der Waals surface area contributed by atoms with E-state index in [1.807, 2.05) is 0 Å². The maximum absolute atomic E-state index is 2.57. The van der Waals surface area contributed by atoms with Crippen LogP contribution in [0.2, 0.25) is 0 Å². The monoisotopic (exact) mass is 253 g/mol. The highest BCUT2D eigenvalue weighted by atomic mass is 15.1. The fourth-order valence-electron chi connectivity index (χ4n) is 3.13. The molecule has 0 aromatic heterocycles. The van der Waals surface area contributed by atoms with Gasteiger partial charge in [-0.15, -0.1) is 0 Å². The summed E-state index contributed by atoms with van der Waals surface area (Å²) in [6, 6.07) is 6.92. The number of hydrogen-bond acceptors (Lipinski definition) is 1. The molecule has 0 fully saturated rings. The lowest BCUT2D eigenvalue weighted by Crippen LogP contribution is -2.31. The molecule has 0 saturated heterocycles. The van der Waals surface area contributed by atoms with Crippen LogP contribution in [0.25, 0.3) is 0 Å². The minimum absolute atomic E-state index is 1.11. The van der Waals surface area contributed by atoms with Crippen LogP contribution in [0.1, 0.15) is 37.3 Å². The predicted octanol–water partition coefficient (Wildman–Crippen LogP) is 4.41. The number of rotatable bonds is 2. The summed E-state index contributed by atoms with van der Waals surface area (Å²) in [6.07, 6.45) is 9.63. The van der Waals surface area contributed by atoms with Gasteiger partial charge in [0.15, 0.2) is 0 Å². The van der Waals surface area contributed by atoms with Gasteiger partial charge in [-0.2, -0.15) is 0 Å². The highest BCUT2D eigenvalue weighted by Gasteiger charge is 2.18. The van der Waals surface area contributed by atoms with Gasteiger partial charge in [-0.1, -0.05) is 41.0 Å². The van der Waals surface area contributed by atoms with E-state index in [-0.39, 0.29) is 0 Å². The van der Waals surface area contributed by atoms with Crippen LogP contribution in [-0.4, -0.2) is 13.1 Å². The molecule has 100 valence electrons. The smallest absolute Gasteiger partial charge is 0.0401 e. The minimum Gasteiger partial charge on any atom is -0.367 e. The van der Waals surface area contributed by atoms with E-state index in [2.05, 4.69) is 49.1 Å². The summed E-state index contributed by atoms with van der Waals surface area (Å²) in [7, 11) is 0. The Hall–Kier alpha value is -1.50. The summed E-state index contributed by atoms with van der Waals surface area (Å²) in [5.41, 5.74) is 7.48. The minimum atomic E-state index is 1.11. The first kappa shape index (κ1) is 12.5. The SMILES string of the molecule is CC1=CC=C(CN2CCCc3cc(C)ccc32)CC1. The molecule has 1 heteroatoms. The first-order valence-electron chi connectivity index (χ1n) is 7.42. The molecule has 0 atom stereocenters. The lowest BCUT2D eigenvalue weighted by atomic mass is 9.96. The molecular weight excluding hydrogens is 230 g/mol. The van der Waals surface area contributed by atoms with Crippen molar-refractivity contribution in [3.63, 3.8) is 0 Å². The number of hydrogen-bond donors (Lipinski definition) is 0. The second-order valence-corrected chi connectivity index (χ2v) is 6.00. The van der Waals surface area contributed by atoms with E-state index in [0.29, 0.717) is 0 Å². The number of allylic oxidation sites excluding steroid dienone is 3. The van der Waals surface area contributed by atoms with Gasteiger partial charge < -0.3 is 4.90 Å². The largest absolute Gasteiger partial charge is 0.367 e. The zero-order valence-electron chi connectivity index (χ0n) is 12.1. The molecular formula is C18H23N. The van der Waals surface area contributed by atoms with Crippen molar-refractivity contribution in [1.82, 2.24) is 0 Å². The van der Waals surface area contributed by atoms with Crippen LogP contribution in [0, 0.1) is 6.92 Å². The lowest BCUT2D eigenvalue weighted by Gasteiger charge is -2.33. The Morgan fingerprint density at radius 1 is 1.05 bits per heavy atom. The molecule has 1 aliphatic carbocycles. The van der Waals surface area contributed by atoms with Gasteiger partial charge in [0.05, 0.1) is 0 Å². The molecule has 0 saturated carbocycles. The first-order valence-corrected chi connectivity index (χ1v) is 7.42. The molecule has 1 heterocycles. The molecule has 1 nitrogen and oxygen atoms in total. The Kier molecular flexibility index (Phi) is 3.46. The molecule has 19 heavy (non-hydrogen) atoms. The fraction of sp³-hybridized carbons (Fsp3) is 0.444. The molecule has 0 amide bonds. The third-order valence-electron chi connectivity index (χ3n) is 4.29. The highest BCUT2D eigenvalue weighted by molar-refractivity contribution is 5.57. The van der Waals surface area contributed by atoms with Gasteiger partial charge in [-0.05, 0) is 51.2 Å². The quantitative estimate of drug-likeness (QED) is 0.754. The van der Waals surface area contributed by atoms with Gasteiger partial charge in [0.1, 0.15) is 0 Å². The van der Waals surface area contributed by atoms with Crippen molar-refractivity contribution in [3.05, 3.63) is 52.6 Å². The van der Waals surface area contributed by atoms with Gasteiger partial charge in [0.2, 0.25) is 0 Å². The van der Waals surface area contributed by atoms with Crippen molar-refractivity contribution in [2.24, 2.45) is 0 Å². The zero-order valence-corrected chi connectivity index (χ0v) is 12.1. The van der Waals surface area contributed by atoms with E-state index in [4.69, 9.17) is 0 Å². The van der Waals surface area contributed by atoms with Crippen LogP contribution in [0.4, 0.5) is 5.69 Å². The Balaban J connectivity index is 1.80. The Labute approximate surface area is 116 Å². The van der Waals surface area contributed by atoms with E-state index in [0.717, 1.165) is 6.54 Å². The van der Waals surface area contributed by atoms with Crippen molar-refractivity contribution < 1.29 is 0 Å². The van der Waals surface area contributed by atoms with Crippen molar-refractivity contribution in [1.29, 1.82) is 0 Å². The van der Waals surface area contributed by atoms with Gasteiger partial charge in [0.25, 0.3) is 0 Å². The van der Waals surface area contributed by atoms with Gasteiger partial charge in [0, 0.05) is 18.8 Å². The van der Waals surface area contributed by atoms with Gasteiger partial charge in [-0.25, -0.2) is 0 Å². The van der Waals surface area contributed by atoms with Crippen LogP contribution < -0.4 is 4.90 Å². The second-order valence-electron chi connectivity index (χ2n) is 6.00. The highest BCUT2D eigenvalue weighted by Crippen LogP contribution is 2.29. The molecule has 0 unspecified atom stereocenters. The Morgan fingerprint density at radius 2 is 1.95 bits per heavy atom. The predicted molar refractivity (Wildman–Crippen MR) is 82.8 cm³/mol. The maximum Gasteiger partial charge on any atom is 0.0401 e. The Morgan fingerprint density at radius 3 is 2.74 bits per heavy atom. The molecule has 0 N–H and O–H groups in total. The Bertz CT molecular complexity index is 537. The van der Waals surface area contributed by atoms with E-state index in [9.17, 15) is 0 Å². The zero-order chi connectivity index (χ0) is 13.2. The summed E-state index contributed by atoms with van der Waals surface area (Å²) in [4.78, 5) is 2.57. The number of anilines is 1. The van der Waals surface area contributed by atoms with Gasteiger partial charge >= 0.3 is 0 Å². The average molecular weight is 253 g/mol. The summed E-state index contributed by atoms with van der Waals surface area (Å²) in [5.74, 6) is 0. The summed E-state index contributed by atoms with van der Waals surface area (Å²) in [6.45, 7) is 6.73. The van der Waals surface area contributed by atoms with E-state index in [1.54, 1.807) is 5.57 Å². The van der Waals surface area contributed by atoms with Crippen LogP contribution in [-0.2, 0) is 6.42 Å². The summed E-state index contributed by atoms with van der Waals surface area (Å²) < 4.78 is 0. The molecule has 0 spiro atoms. The van der Waals surface area contributed by atoms with Crippen molar-refractivity contribution >= 4 is 5.69 Å². The maximum atomic E-state index is 2.57. The number of fused-ring (bicyclic) bond motifs is 1. The van der Waals surface area contributed by atoms with E-state index >= 15 is 0 Å². The molecule has 0 radical (unpaired) electrons. The fourth-order valence-corrected chi connectivity index (χ4v) is 3.13. The molecule has 2 aliphatic rings. The van der Waals surface area contributed by atoms with Crippen LogP contribution in [0.5, 0.6) is 0 Å². The third-order valence-corrected chi connectivity index (χ3v) is 4.29. The summed E-state index contributed by atoms with van der Waals surface area (Å²) >= 11 is 0. The van der Waals surface area contributed by atoms with E-state index in [1.165, 1.54) is 54.6 Å². The first-order chi connectivity index (χ1) is 9.22. The average Bonchev–Trinajstić information content (AvgIpc) is 2.41. The summed E-state index contributed by atoms with van der Waals surface area (Å²) in [5, 5.41) is 0. The van der Waals surface area contributed by atoms with Gasteiger partial charge in [-0.3, -0.25) is 0 Å². The van der Waals surface area contributed by atoms with Crippen molar-refractivity contribution in [2.75, 3.05) is 18.0 Å². The molecule has 0 bridgehead atoms. The van der Waals surface area contributed by atoms with Crippen LogP contribution >= 0.6 is 0 Å².